The molecule has 1 saturated heterocycles. The second-order valence-corrected chi connectivity index (χ2v) is 8.11. The SMILES string of the molecule is CCCCCCCCC=CCCCCCCCC1NC(CC)(CO)CO1. The van der Waals surface area contributed by atoms with Gasteiger partial charge in [-0.05, 0) is 44.9 Å². The molecule has 0 aliphatic carbocycles. The average Bonchev–Trinajstić information content (AvgIpc) is 3.09. The van der Waals surface area contributed by atoms with Gasteiger partial charge in [-0.1, -0.05) is 77.4 Å². The highest BCUT2D eigenvalue weighted by atomic mass is 16.5. The monoisotopic (exact) mass is 367 g/mol. The standard InChI is InChI=1S/C23H45NO2/c1-3-5-6-7-8-9-10-11-12-13-14-15-16-17-18-19-22-24-23(4-2,20-25)21-26-22/h11-12,22,24-25H,3-10,13-21H2,1-2H3. The molecule has 3 heteroatoms. The molecule has 0 aromatic carbocycles. The van der Waals surface area contributed by atoms with E-state index in [0.29, 0.717) is 6.61 Å². The Morgan fingerprint density at radius 1 is 0.885 bits per heavy atom. The molecule has 154 valence electrons. The Morgan fingerprint density at radius 2 is 1.46 bits per heavy atom. The van der Waals surface area contributed by atoms with Gasteiger partial charge in [0.15, 0.2) is 0 Å². The highest BCUT2D eigenvalue weighted by Gasteiger charge is 2.36. The summed E-state index contributed by atoms with van der Waals surface area (Å²) < 4.78 is 5.79. The van der Waals surface area contributed by atoms with Crippen molar-refractivity contribution in [1.82, 2.24) is 5.32 Å². The van der Waals surface area contributed by atoms with E-state index in [-0.39, 0.29) is 18.4 Å². The van der Waals surface area contributed by atoms with Gasteiger partial charge >= 0.3 is 0 Å². The second kappa shape index (κ2) is 15.7. The number of unbranched alkanes of at least 4 members (excludes halogenated alkanes) is 11. The molecule has 0 saturated carbocycles. The van der Waals surface area contributed by atoms with Crippen LogP contribution < -0.4 is 5.32 Å². The van der Waals surface area contributed by atoms with E-state index in [1.54, 1.807) is 0 Å². The van der Waals surface area contributed by atoms with E-state index in [0.717, 1.165) is 12.8 Å². The van der Waals surface area contributed by atoms with Crippen LogP contribution in [0.1, 0.15) is 110 Å². The molecule has 2 atom stereocenters. The first kappa shape index (κ1) is 23.7. The number of allylic oxidation sites excluding steroid dienone is 2. The van der Waals surface area contributed by atoms with Crippen molar-refractivity contribution in [3.63, 3.8) is 0 Å². The van der Waals surface area contributed by atoms with Gasteiger partial charge in [-0.3, -0.25) is 5.32 Å². The Balaban J connectivity index is 1.83. The molecule has 1 aliphatic heterocycles. The maximum absolute atomic E-state index is 9.49. The van der Waals surface area contributed by atoms with Gasteiger partial charge < -0.3 is 9.84 Å². The molecule has 2 unspecified atom stereocenters. The summed E-state index contributed by atoms with van der Waals surface area (Å²) in [6.45, 7) is 5.21. The second-order valence-electron chi connectivity index (χ2n) is 8.11. The van der Waals surface area contributed by atoms with Crippen LogP contribution in [0.15, 0.2) is 12.2 Å². The summed E-state index contributed by atoms with van der Waals surface area (Å²) >= 11 is 0. The van der Waals surface area contributed by atoms with Gasteiger partial charge in [-0.25, -0.2) is 0 Å². The van der Waals surface area contributed by atoms with Crippen LogP contribution in [0.2, 0.25) is 0 Å². The van der Waals surface area contributed by atoms with Crippen LogP contribution >= 0.6 is 0 Å². The topological polar surface area (TPSA) is 41.5 Å². The third kappa shape index (κ3) is 10.7. The van der Waals surface area contributed by atoms with Gasteiger partial charge in [-0.2, -0.15) is 0 Å². The zero-order valence-electron chi connectivity index (χ0n) is 17.6. The largest absolute Gasteiger partial charge is 0.394 e. The molecular weight excluding hydrogens is 322 g/mol. The summed E-state index contributed by atoms with van der Waals surface area (Å²) in [4.78, 5) is 0. The van der Waals surface area contributed by atoms with Crippen LogP contribution in [0.3, 0.4) is 0 Å². The van der Waals surface area contributed by atoms with E-state index >= 15 is 0 Å². The highest BCUT2D eigenvalue weighted by Crippen LogP contribution is 2.22. The van der Waals surface area contributed by atoms with Gasteiger partial charge in [0.05, 0.1) is 18.8 Å². The molecule has 2 N–H and O–H groups in total. The van der Waals surface area contributed by atoms with Crippen LogP contribution in [0.5, 0.6) is 0 Å². The van der Waals surface area contributed by atoms with E-state index in [9.17, 15) is 5.11 Å². The maximum Gasteiger partial charge on any atom is 0.108 e. The van der Waals surface area contributed by atoms with Gasteiger partial charge in [0.2, 0.25) is 0 Å². The number of nitrogens with one attached hydrogen (secondary N) is 1. The molecule has 0 bridgehead atoms. The van der Waals surface area contributed by atoms with E-state index in [4.69, 9.17) is 4.74 Å². The van der Waals surface area contributed by atoms with E-state index in [1.165, 1.54) is 83.5 Å². The Labute approximate surface area is 163 Å². The minimum atomic E-state index is -0.188. The maximum atomic E-state index is 9.49. The molecule has 1 fully saturated rings. The van der Waals surface area contributed by atoms with Gasteiger partial charge in [0, 0.05) is 0 Å². The lowest BCUT2D eigenvalue weighted by Crippen LogP contribution is -2.47. The molecule has 0 aromatic rings. The van der Waals surface area contributed by atoms with Crippen molar-refractivity contribution in [2.24, 2.45) is 0 Å². The Kier molecular flexibility index (Phi) is 14.2. The van der Waals surface area contributed by atoms with Gasteiger partial charge in [-0.15, -0.1) is 0 Å². The average molecular weight is 368 g/mol. The number of aliphatic hydroxyl groups excluding tert-OH is 1. The van der Waals surface area contributed by atoms with Crippen molar-refractivity contribution in [3.05, 3.63) is 12.2 Å². The lowest BCUT2D eigenvalue weighted by atomic mass is 9.99. The summed E-state index contributed by atoms with van der Waals surface area (Å²) in [6, 6.07) is 0. The normalized spacial score (nSPS) is 23.3. The quantitative estimate of drug-likeness (QED) is 0.241. The number of hydrogen-bond acceptors (Lipinski definition) is 3. The van der Waals surface area contributed by atoms with Gasteiger partial charge in [0.1, 0.15) is 6.23 Å². The first-order valence-electron chi connectivity index (χ1n) is 11.4. The van der Waals surface area contributed by atoms with Crippen molar-refractivity contribution < 1.29 is 9.84 Å². The lowest BCUT2D eigenvalue weighted by molar-refractivity contribution is 0.0843. The lowest BCUT2D eigenvalue weighted by Gasteiger charge is -2.24. The molecule has 1 heterocycles. The Morgan fingerprint density at radius 3 is 2.00 bits per heavy atom. The van der Waals surface area contributed by atoms with Crippen molar-refractivity contribution in [3.8, 4) is 0 Å². The molecule has 0 radical (unpaired) electrons. The highest BCUT2D eigenvalue weighted by molar-refractivity contribution is 4.92. The van der Waals surface area contributed by atoms with Crippen LogP contribution in [0, 0.1) is 0 Å². The summed E-state index contributed by atoms with van der Waals surface area (Å²) in [7, 11) is 0. The first-order valence-corrected chi connectivity index (χ1v) is 11.4. The van der Waals surface area contributed by atoms with E-state index < -0.39 is 0 Å². The smallest absolute Gasteiger partial charge is 0.108 e. The number of hydrogen-bond donors (Lipinski definition) is 2. The molecular formula is C23H45NO2. The Bertz CT molecular complexity index is 339. The zero-order chi connectivity index (χ0) is 18.9. The number of ether oxygens (including phenoxy) is 1. The van der Waals surface area contributed by atoms with Gasteiger partial charge in [0.25, 0.3) is 0 Å². The number of rotatable bonds is 17. The van der Waals surface area contributed by atoms with Crippen molar-refractivity contribution >= 4 is 0 Å². The summed E-state index contributed by atoms with van der Waals surface area (Å²) in [5, 5.41) is 13.0. The third-order valence-electron chi connectivity index (χ3n) is 5.74. The molecule has 0 amide bonds. The molecule has 1 aliphatic rings. The molecule has 1 rings (SSSR count). The van der Waals surface area contributed by atoms with Crippen LogP contribution in [-0.4, -0.2) is 30.1 Å². The van der Waals surface area contributed by atoms with E-state index in [2.05, 4.69) is 31.3 Å². The minimum absolute atomic E-state index is 0.145. The number of aliphatic hydroxyl groups is 1. The van der Waals surface area contributed by atoms with Crippen LogP contribution in [0.4, 0.5) is 0 Å². The van der Waals surface area contributed by atoms with Crippen LogP contribution in [0.25, 0.3) is 0 Å². The molecule has 3 nitrogen and oxygen atoms in total. The van der Waals surface area contributed by atoms with Crippen molar-refractivity contribution in [1.29, 1.82) is 0 Å². The summed E-state index contributed by atoms with van der Waals surface area (Å²) in [5.74, 6) is 0. The van der Waals surface area contributed by atoms with Crippen LogP contribution in [-0.2, 0) is 4.74 Å². The minimum Gasteiger partial charge on any atom is -0.394 e. The summed E-state index contributed by atoms with van der Waals surface area (Å²) in [5.41, 5.74) is -0.188. The predicted octanol–water partition coefficient (Wildman–Crippen LogP) is 6.11. The molecule has 0 spiro atoms. The fourth-order valence-electron chi connectivity index (χ4n) is 3.65. The molecule has 26 heavy (non-hydrogen) atoms. The fourth-order valence-corrected chi connectivity index (χ4v) is 3.65. The van der Waals surface area contributed by atoms with Crippen molar-refractivity contribution in [2.45, 2.75) is 122 Å². The van der Waals surface area contributed by atoms with Crippen molar-refractivity contribution in [2.75, 3.05) is 13.2 Å². The fraction of sp³-hybridized carbons (Fsp3) is 0.913. The third-order valence-corrected chi connectivity index (χ3v) is 5.74. The molecule has 0 aromatic heterocycles. The zero-order valence-corrected chi connectivity index (χ0v) is 17.6. The Hall–Kier alpha value is -0.380. The summed E-state index contributed by atoms with van der Waals surface area (Å²) in [6.07, 6.45) is 24.3. The predicted molar refractivity (Wildman–Crippen MR) is 112 cm³/mol. The first-order chi connectivity index (χ1) is 12.8. The van der Waals surface area contributed by atoms with E-state index in [1.807, 2.05) is 0 Å².